The van der Waals surface area contributed by atoms with Crippen molar-refractivity contribution in [1.82, 2.24) is 10.5 Å². The SMILES string of the molecule is O=C(O)C(CN1C=C[N-]N1)CP(=O)(O)O. The number of aliphatic carboxylic acids is 1. The lowest BCUT2D eigenvalue weighted by molar-refractivity contribution is -0.141. The lowest BCUT2D eigenvalue weighted by atomic mass is 10.2. The van der Waals surface area contributed by atoms with Crippen molar-refractivity contribution in [2.75, 3.05) is 12.7 Å². The predicted octanol–water partition coefficient (Wildman–Crippen LogP) is -0.555. The molecule has 4 N–H and O–H groups in total. The Morgan fingerprint density at radius 2 is 2.27 bits per heavy atom. The van der Waals surface area contributed by atoms with Crippen molar-refractivity contribution >= 4 is 13.6 Å². The molecular weight excluding hydrogens is 225 g/mol. The van der Waals surface area contributed by atoms with Gasteiger partial charge in [-0.15, -0.1) is 6.20 Å². The van der Waals surface area contributed by atoms with Crippen LogP contribution in [0.3, 0.4) is 0 Å². The van der Waals surface area contributed by atoms with Crippen LogP contribution in [-0.2, 0) is 9.36 Å². The second-order valence-corrected chi connectivity index (χ2v) is 4.76. The molecule has 86 valence electrons. The molecule has 0 fully saturated rings. The van der Waals surface area contributed by atoms with Gasteiger partial charge in [-0.3, -0.25) is 9.36 Å². The molecule has 0 saturated heterocycles. The lowest BCUT2D eigenvalue weighted by Gasteiger charge is -2.25. The molecule has 0 aromatic carbocycles. The van der Waals surface area contributed by atoms with Crippen LogP contribution in [0.25, 0.3) is 5.43 Å². The summed E-state index contributed by atoms with van der Waals surface area (Å²) in [6.45, 7) is -0.0551. The van der Waals surface area contributed by atoms with Crippen molar-refractivity contribution < 1.29 is 24.3 Å². The van der Waals surface area contributed by atoms with Gasteiger partial charge in [0.05, 0.1) is 12.1 Å². The van der Waals surface area contributed by atoms with Gasteiger partial charge in [0, 0.05) is 6.54 Å². The van der Waals surface area contributed by atoms with E-state index in [1.165, 1.54) is 17.4 Å². The van der Waals surface area contributed by atoms with Gasteiger partial charge in [-0.25, -0.2) is 0 Å². The summed E-state index contributed by atoms with van der Waals surface area (Å²) < 4.78 is 10.7. The molecule has 0 amide bonds. The molecule has 0 spiro atoms. The van der Waals surface area contributed by atoms with Gasteiger partial charge in [-0.2, -0.15) is 0 Å². The van der Waals surface area contributed by atoms with Gasteiger partial charge in [-0.05, 0) is 6.20 Å². The molecule has 0 radical (unpaired) electrons. The number of carboxylic acids is 1. The molecule has 8 nitrogen and oxygen atoms in total. The van der Waals surface area contributed by atoms with Gasteiger partial charge in [0.15, 0.2) is 0 Å². The summed E-state index contributed by atoms with van der Waals surface area (Å²) in [4.78, 5) is 28.1. The number of rotatable bonds is 5. The van der Waals surface area contributed by atoms with Crippen LogP contribution in [0, 0.1) is 5.92 Å². The Balaban J connectivity index is 2.54. The third kappa shape index (κ3) is 4.30. The second kappa shape index (κ2) is 4.63. The first-order valence-corrected chi connectivity index (χ1v) is 5.84. The Morgan fingerprint density at radius 1 is 1.60 bits per heavy atom. The monoisotopic (exact) mass is 236 g/mol. The summed E-state index contributed by atoms with van der Waals surface area (Å²) in [5, 5.41) is 10.1. The van der Waals surface area contributed by atoms with E-state index in [9.17, 15) is 9.36 Å². The van der Waals surface area contributed by atoms with E-state index in [1.54, 1.807) is 0 Å². The van der Waals surface area contributed by atoms with Gasteiger partial charge in [-0.1, -0.05) is 0 Å². The molecule has 1 aliphatic heterocycles. The average molecular weight is 236 g/mol. The second-order valence-electron chi connectivity index (χ2n) is 3.06. The van der Waals surface area contributed by atoms with Crippen LogP contribution < -0.4 is 5.53 Å². The summed E-state index contributed by atoms with van der Waals surface area (Å²) in [6, 6.07) is 0. The topological polar surface area (TPSA) is 124 Å². The highest BCUT2D eigenvalue weighted by Gasteiger charge is 2.28. The average Bonchev–Trinajstić information content (AvgIpc) is 2.52. The Bertz CT molecular complexity index is 314. The first-order chi connectivity index (χ1) is 6.88. The maximum absolute atomic E-state index is 10.7. The Kier molecular flexibility index (Phi) is 3.70. The maximum Gasteiger partial charge on any atom is 0.326 e. The molecule has 0 aromatic rings. The first kappa shape index (κ1) is 12.0. The van der Waals surface area contributed by atoms with Gasteiger partial charge < -0.3 is 30.9 Å². The third-order valence-electron chi connectivity index (χ3n) is 1.73. The van der Waals surface area contributed by atoms with Crippen molar-refractivity contribution in [3.05, 3.63) is 17.8 Å². The van der Waals surface area contributed by atoms with Gasteiger partial charge >= 0.3 is 13.6 Å². The van der Waals surface area contributed by atoms with E-state index in [2.05, 4.69) is 11.0 Å². The van der Waals surface area contributed by atoms with E-state index >= 15 is 0 Å². The summed E-state index contributed by atoms with van der Waals surface area (Å²) in [5.41, 5.74) is 6.04. The van der Waals surface area contributed by atoms with Crippen molar-refractivity contribution in [2.45, 2.75) is 0 Å². The highest BCUT2D eigenvalue weighted by molar-refractivity contribution is 7.51. The number of hydrogen-bond donors (Lipinski definition) is 4. The van der Waals surface area contributed by atoms with Crippen LogP contribution in [0.15, 0.2) is 12.4 Å². The molecule has 1 unspecified atom stereocenters. The van der Waals surface area contributed by atoms with Crippen molar-refractivity contribution in [3.8, 4) is 0 Å². The van der Waals surface area contributed by atoms with E-state index in [0.717, 1.165) is 0 Å². The number of carboxylic acid groups (broad SMARTS) is 1. The highest BCUT2D eigenvalue weighted by Crippen LogP contribution is 2.37. The smallest absolute Gasteiger partial charge is 0.326 e. The Labute approximate surface area is 85.7 Å². The summed E-state index contributed by atoms with van der Waals surface area (Å²) in [5.74, 6) is -2.39. The number of nitrogens with zero attached hydrogens (tertiary/aromatic N) is 2. The number of nitrogens with one attached hydrogen (secondary N) is 1. The Morgan fingerprint density at radius 3 is 2.67 bits per heavy atom. The van der Waals surface area contributed by atoms with Crippen LogP contribution >= 0.6 is 7.60 Å². The fourth-order valence-electron chi connectivity index (χ4n) is 1.09. The lowest BCUT2D eigenvalue weighted by Crippen LogP contribution is -2.36. The normalized spacial score (nSPS) is 17.6. The fourth-order valence-corrected chi connectivity index (χ4v) is 1.94. The van der Waals surface area contributed by atoms with E-state index in [0.29, 0.717) is 0 Å². The van der Waals surface area contributed by atoms with E-state index in [4.69, 9.17) is 14.9 Å². The number of hydrazine groups is 1. The molecule has 1 rings (SSSR count). The number of hydrogen-bond acceptors (Lipinski definition) is 4. The largest absolute Gasteiger partial charge is 0.609 e. The molecule has 15 heavy (non-hydrogen) atoms. The van der Waals surface area contributed by atoms with E-state index < -0.39 is 25.6 Å². The minimum atomic E-state index is -4.32. The van der Waals surface area contributed by atoms with Crippen molar-refractivity contribution in [1.29, 1.82) is 0 Å². The van der Waals surface area contributed by atoms with E-state index in [-0.39, 0.29) is 6.54 Å². The molecule has 1 aliphatic rings. The van der Waals surface area contributed by atoms with Gasteiger partial charge in [0.25, 0.3) is 0 Å². The first-order valence-electron chi connectivity index (χ1n) is 4.04. The molecule has 0 bridgehead atoms. The predicted molar refractivity (Wildman–Crippen MR) is 50.4 cm³/mol. The minimum absolute atomic E-state index is 0.0551. The third-order valence-corrected chi connectivity index (χ3v) is 2.65. The minimum Gasteiger partial charge on any atom is -0.609 e. The number of carbonyl (C=O) groups is 1. The molecule has 0 saturated carbocycles. The van der Waals surface area contributed by atoms with Crippen LogP contribution in [-0.4, -0.2) is 38.6 Å². The maximum atomic E-state index is 10.7. The zero-order valence-corrected chi connectivity index (χ0v) is 8.54. The van der Waals surface area contributed by atoms with Crippen LogP contribution in [0.5, 0.6) is 0 Å². The standard InChI is InChI=1S/C6H11N3O5P/c10-6(11)5(4-15(12,13)14)3-9-2-1-7-8-9/h1-2,5,8H,3-4H2,(H,10,11)(H2,12,13,14)/q-1. The summed E-state index contributed by atoms with van der Waals surface area (Å²) in [6.07, 6.45) is 2.21. The van der Waals surface area contributed by atoms with Gasteiger partial charge in [0.1, 0.15) is 0 Å². The summed E-state index contributed by atoms with van der Waals surface area (Å²) >= 11 is 0. The fraction of sp³-hybridized carbons (Fsp3) is 0.500. The van der Waals surface area contributed by atoms with E-state index in [1.807, 2.05) is 0 Å². The molecule has 9 heteroatoms. The van der Waals surface area contributed by atoms with Crippen LogP contribution in [0.2, 0.25) is 0 Å². The summed E-state index contributed by atoms with van der Waals surface area (Å²) in [7, 11) is -4.32. The molecule has 1 atom stereocenters. The zero-order valence-electron chi connectivity index (χ0n) is 7.65. The Hall–Kier alpha value is -1.08. The molecule has 0 aromatic heterocycles. The highest BCUT2D eigenvalue weighted by atomic mass is 31.2. The zero-order chi connectivity index (χ0) is 11.5. The van der Waals surface area contributed by atoms with Crippen molar-refractivity contribution in [2.24, 2.45) is 5.92 Å². The van der Waals surface area contributed by atoms with Crippen LogP contribution in [0.4, 0.5) is 0 Å². The quantitative estimate of drug-likeness (QED) is 0.472. The van der Waals surface area contributed by atoms with Gasteiger partial charge in [0.2, 0.25) is 0 Å². The van der Waals surface area contributed by atoms with Crippen LogP contribution in [0.1, 0.15) is 0 Å². The molecule has 0 aliphatic carbocycles. The van der Waals surface area contributed by atoms with Crippen molar-refractivity contribution in [3.63, 3.8) is 0 Å². The molecule has 1 heterocycles. The molecular formula is C6H11N3O5P-.